The number of rotatable bonds is 2. The predicted octanol–water partition coefficient (Wildman–Crippen LogP) is 2.13. The minimum Gasteiger partial charge on any atom is -0.376 e. The topological polar surface area (TPSA) is 73.1 Å². The highest BCUT2D eigenvalue weighted by Gasteiger charge is 2.25. The monoisotopic (exact) mass is 262 g/mol. The van der Waals surface area contributed by atoms with Gasteiger partial charge in [0.25, 0.3) is 0 Å². The van der Waals surface area contributed by atoms with E-state index in [4.69, 9.17) is 15.6 Å². The average molecular weight is 262 g/mol. The highest BCUT2D eigenvalue weighted by molar-refractivity contribution is 5.46. The Bertz CT molecular complexity index is 446. The zero-order chi connectivity index (χ0) is 13.2. The highest BCUT2D eigenvalue weighted by Crippen LogP contribution is 2.35. The molecule has 0 saturated heterocycles. The summed E-state index contributed by atoms with van der Waals surface area (Å²) in [6.45, 7) is 3.63. The van der Waals surface area contributed by atoms with Gasteiger partial charge in [0.15, 0.2) is 0 Å². The molecule has 1 aromatic rings. The summed E-state index contributed by atoms with van der Waals surface area (Å²) in [4.78, 5) is 9.43. The Morgan fingerprint density at radius 1 is 1.32 bits per heavy atom. The Balaban J connectivity index is 1.93. The van der Waals surface area contributed by atoms with Crippen LogP contribution in [0.2, 0.25) is 0 Å². The second-order valence-corrected chi connectivity index (χ2v) is 5.77. The molecule has 2 atom stereocenters. The summed E-state index contributed by atoms with van der Waals surface area (Å²) >= 11 is 0. The third-order valence-electron chi connectivity index (χ3n) is 4.28. The molecule has 1 fully saturated rings. The number of anilines is 1. The molecule has 5 heteroatoms. The summed E-state index contributed by atoms with van der Waals surface area (Å²) in [6, 6.07) is 0. The zero-order valence-electron chi connectivity index (χ0n) is 11.5. The second kappa shape index (κ2) is 5.43. The molecular formula is C14H22N4O. The summed E-state index contributed by atoms with van der Waals surface area (Å²) in [7, 11) is 0. The maximum atomic E-state index is 5.60. The number of nitrogens with one attached hydrogen (secondary N) is 1. The molecule has 1 aliphatic carbocycles. The number of nitrogens with two attached hydrogens (primary N) is 1. The number of ether oxygens (including phenoxy) is 1. The van der Waals surface area contributed by atoms with Crippen LogP contribution < -0.4 is 11.3 Å². The zero-order valence-corrected chi connectivity index (χ0v) is 11.5. The number of hydrogen-bond acceptors (Lipinski definition) is 5. The van der Waals surface area contributed by atoms with Gasteiger partial charge in [0, 0.05) is 17.9 Å². The maximum Gasteiger partial charge on any atom is 0.149 e. The third-order valence-corrected chi connectivity index (χ3v) is 4.28. The van der Waals surface area contributed by atoms with Gasteiger partial charge in [-0.1, -0.05) is 19.8 Å². The van der Waals surface area contributed by atoms with Crippen molar-refractivity contribution < 1.29 is 4.74 Å². The molecule has 3 N–H and O–H groups in total. The van der Waals surface area contributed by atoms with Gasteiger partial charge in [-0.25, -0.2) is 15.8 Å². The van der Waals surface area contributed by atoms with Crippen molar-refractivity contribution in [1.29, 1.82) is 0 Å². The lowest BCUT2D eigenvalue weighted by atomic mass is 9.82. The number of fused-ring (bicyclic) bond motifs is 1. The van der Waals surface area contributed by atoms with E-state index >= 15 is 0 Å². The molecule has 0 radical (unpaired) electrons. The van der Waals surface area contributed by atoms with Gasteiger partial charge in [-0.05, 0) is 18.8 Å². The minimum atomic E-state index is 0.490. The van der Waals surface area contributed by atoms with Gasteiger partial charge >= 0.3 is 0 Å². The van der Waals surface area contributed by atoms with Crippen LogP contribution in [0.15, 0.2) is 0 Å². The first-order valence-corrected chi connectivity index (χ1v) is 7.22. The lowest BCUT2D eigenvalue weighted by Gasteiger charge is -2.27. The molecule has 1 aromatic heterocycles. The van der Waals surface area contributed by atoms with Gasteiger partial charge in [-0.15, -0.1) is 0 Å². The van der Waals surface area contributed by atoms with Crippen LogP contribution in [0.3, 0.4) is 0 Å². The Morgan fingerprint density at radius 2 is 2.21 bits per heavy atom. The quantitative estimate of drug-likeness (QED) is 0.631. The summed E-state index contributed by atoms with van der Waals surface area (Å²) in [6.07, 6.45) is 5.86. The lowest BCUT2D eigenvalue weighted by Crippen LogP contribution is -2.22. The van der Waals surface area contributed by atoms with E-state index in [0.717, 1.165) is 41.8 Å². The molecule has 3 rings (SSSR count). The summed E-state index contributed by atoms with van der Waals surface area (Å²) in [5.41, 5.74) is 4.86. The highest BCUT2D eigenvalue weighted by atomic mass is 16.5. The van der Waals surface area contributed by atoms with Gasteiger partial charge in [0.05, 0.1) is 18.9 Å². The van der Waals surface area contributed by atoms with E-state index in [2.05, 4.69) is 17.3 Å². The maximum absolute atomic E-state index is 5.60. The van der Waals surface area contributed by atoms with Gasteiger partial charge in [0.1, 0.15) is 11.6 Å². The predicted molar refractivity (Wildman–Crippen MR) is 73.6 cm³/mol. The summed E-state index contributed by atoms with van der Waals surface area (Å²) in [5.74, 6) is 8.59. The van der Waals surface area contributed by atoms with Gasteiger partial charge < -0.3 is 10.2 Å². The molecule has 19 heavy (non-hydrogen) atoms. The molecule has 2 heterocycles. The van der Waals surface area contributed by atoms with Crippen molar-refractivity contribution in [3.8, 4) is 0 Å². The Labute approximate surface area is 113 Å². The average Bonchev–Trinajstić information content (AvgIpc) is 2.46. The van der Waals surface area contributed by atoms with Crippen molar-refractivity contribution in [2.24, 2.45) is 11.8 Å². The fraction of sp³-hybridized carbons (Fsp3) is 0.714. The molecular weight excluding hydrogens is 240 g/mol. The van der Waals surface area contributed by atoms with Crippen LogP contribution >= 0.6 is 0 Å². The molecule has 0 bridgehead atoms. The Morgan fingerprint density at radius 3 is 3.00 bits per heavy atom. The van der Waals surface area contributed by atoms with E-state index < -0.39 is 0 Å². The van der Waals surface area contributed by atoms with Crippen molar-refractivity contribution in [1.82, 2.24) is 9.97 Å². The number of hydrazine groups is 1. The van der Waals surface area contributed by atoms with Crippen LogP contribution in [-0.4, -0.2) is 16.6 Å². The van der Waals surface area contributed by atoms with Gasteiger partial charge in [0.2, 0.25) is 0 Å². The lowest BCUT2D eigenvalue weighted by molar-refractivity contribution is 0.109. The SMILES string of the molecule is CC1CCCC(c2nc3c(c(NN)n2)COCC3)C1. The first-order chi connectivity index (χ1) is 9.28. The smallest absolute Gasteiger partial charge is 0.149 e. The van der Waals surface area contributed by atoms with E-state index in [0.29, 0.717) is 12.5 Å². The number of aromatic nitrogens is 2. The van der Waals surface area contributed by atoms with E-state index in [1.165, 1.54) is 25.7 Å². The van der Waals surface area contributed by atoms with Gasteiger partial charge in [-0.2, -0.15) is 0 Å². The van der Waals surface area contributed by atoms with Crippen LogP contribution in [-0.2, 0) is 17.8 Å². The first-order valence-electron chi connectivity index (χ1n) is 7.22. The standard InChI is InChI=1S/C14H22N4O/c1-9-3-2-4-10(7-9)13-16-12-5-6-19-8-11(12)14(17-13)18-15/h9-10H,2-8,15H2,1H3,(H,16,17,18). The first kappa shape index (κ1) is 12.8. The molecule has 0 spiro atoms. The largest absolute Gasteiger partial charge is 0.376 e. The van der Waals surface area contributed by atoms with Crippen LogP contribution in [0.25, 0.3) is 0 Å². The molecule has 2 aliphatic rings. The molecule has 2 unspecified atom stereocenters. The molecule has 104 valence electrons. The fourth-order valence-corrected chi connectivity index (χ4v) is 3.22. The Hall–Kier alpha value is -1.20. The van der Waals surface area contributed by atoms with E-state index in [1.807, 2.05) is 0 Å². The number of nitrogens with zero attached hydrogens (tertiary/aromatic N) is 2. The van der Waals surface area contributed by atoms with E-state index in [9.17, 15) is 0 Å². The van der Waals surface area contributed by atoms with Crippen molar-refractivity contribution >= 4 is 5.82 Å². The molecule has 0 amide bonds. The second-order valence-electron chi connectivity index (χ2n) is 5.77. The molecule has 0 aromatic carbocycles. The normalized spacial score (nSPS) is 26.8. The molecule has 5 nitrogen and oxygen atoms in total. The van der Waals surface area contributed by atoms with E-state index in [1.54, 1.807) is 0 Å². The van der Waals surface area contributed by atoms with Crippen LogP contribution in [0.1, 0.15) is 55.6 Å². The molecule has 1 aliphatic heterocycles. The molecule has 1 saturated carbocycles. The van der Waals surface area contributed by atoms with Crippen molar-refractivity contribution in [3.05, 3.63) is 17.1 Å². The Kier molecular flexibility index (Phi) is 3.66. The summed E-state index contributed by atoms with van der Waals surface area (Å²) < 4.78 is 5.47. The van der Waals surface area contributed by atoms with Gasteiger partial charge in [-0.3, -0.25) is 0 Å². The third kappa shape index (κ3) is 2.58. The van der Waals surface area contributed by atoms with Crippen LogP contribution in [0, 0.1) is 5.92 Å². The number of nitrogen functional groups attached to an aromatic ring is 1. The van der Waals surface area contributed by atoms with Crippen LogP contribution in [0.4, 0.5) is 5.82 Å². The minimum absolute atomic E-state index is 0.490. The van der Waals surface area contributed by atoms with Crippen molar-refractivity contribution in [2.75, 3.05) is 12.0 Å². The van der Waals surface area contributed by atoms with Crippen molar-refractivity contribution in [3.63, 3.8) is 0 Å². The summed E-state index contributed by atoms with van der Waals surface area (Å²) in [5, 5.41) is 0. The van der Waals surface area contributed by atoms with E-state index in [-0.39, 0.29) is 0 Å². The van der Waals surface area contributed by atoms with Crippen molar-refractivity contribution in [2.45, 2.75) is 51.6 Å². The van der Waals surface area contributed by atoms with Crippen LogP contribution in [0.5, 0.6) is 0 Å². The fourth-order valence-electron chi connectivity index (χ4n) is 3.22. The number of hydrogen-bond donors (Lipinski definition) is 2.